The molecular weight excluding hydrogens is 360 g/mol. The summed E-state index contributed by atoms with van der Waals surface area (Å²) >= 11 is 1.58. The van der Waals surface area contributed by atoms with E-state index in [0.29, 0.717) is 23.2 Å². The number of rotatable bonds is 6. The summed E-state index contributed by atoms with van der Waals surface area (Å²) in [6.45, 7) is 0. The largest absolute Gasteiger partial charge is 0.481 e. The summed E-state index contributed by atoms with van der Waals surface area (Å²) in [4.78, 5) is 17.0. The van der Waals surface area contributed by atoms with Gasteiger partial charge in [0.1, 0.15) is 11.6 Å². The second-order valence-electron chi connectivity index (χ2n) is 6.47. The molecule has 7 nitrogen and oxygen atoms in total. The molecule has 0 radical (unpaired) electrons. The Kier molecular flexibility index (Phi) is 4.05. The van der Waals surface area contributed by atoms with Gasteiger partial charge in [-0.05, 0) is 31.0 Å². The molecule has 1 aromatic carbocycles. The van der Waals surface area contributed by atoms with E-state index in [1.165, 1.54) is 12.8 Å². The lowest BCUT2D eigenvalue weighted by molar-refractivity contribution is 0.399. The molecule has 0 bridgehead atoms. The first-order chi connectivity index (χ1) is 13.3. The SMILES string of the molecule is COc1ccc2[nH]c(CSc3nc(C4CC4)n(-c4ccccc4)n3)nc2n1. The van der Waals surface area contributed by atoms with Crippen LogP contribution < -0.4 is 4.74 Å². The zero-order valence-electron chi connectivity index (χ0n) is 14.8. The summed E-state index contributed by atoms with van der Waals surface area (Å²) in [5, 5.41) is 5.50. The fraction of sp³-hybridized carbons (Fsp3) is 0.263. The Bertz CT molecular complexity index is 1090. The number of hydrogen-bond acceptors (Lipinski definition) is 6. The quantitative estimate of drug-likeness (QED) is 0.515. The molecule has 1 saturated carbocycles. The van der Waals surface area contributed by atoms with Gasteiger partial charge < -0.3 is 9.72 Å². The molecule has 0 atom stereocenters. The molecule has 0 amide bonds. The fourth-order valence-corrected chi connectivity index (χ4v) is 3.67. The van der Waals surface area contributed by atoms with Gasteiger partial charge in [0.15, 0.2) is 5.65 Å². The Balaban J connectivity index is 1.38. The van der Waals surface area contributed by atoms with Crippen LogP contribution in [0.2, 0.25) is 0 Å². The molecule has 0 saturated heterocycles. The number of imidazole rings is 1. The number of nitrogens with zero attached hydrogens (tertiary/aromatic N) is 5. The first-order valence-corrected chi connectivity index (χ1v) is 9.83. The summed E-state index contributed by atoms with van der Waals surface area (Å²) in [5.41, 5.74) is 2.61. The summed E-state index contributed by atoms with van der Waals surface area (Å²) in [5.74, 6) is 3.64. The van der Waals surface area contributed by atoms with E-state index in [-0.39, 0.29) is 0 Å². The number of pyridine rings is 1. The van der Waals surface area contributed by atoms with Crippen LogP contribution in [0.5, 0.6) is 5.88 Å². The number of para-hydroxylation sites is 1. The lowest BCUT2D eigenvalue weighted by Crippen LogP contribution is -2.01. The molecule has 136 valence electrons. The summed E-state index contributed by atoms with van der Waals surface area (Å²) in [7, 11) is 1.60. The van der Waals surface area contributed by atoms with Crippen LogP contribution in [0.3, 0.4) is 0 Å². The number of thioether (sulfide) groups is 1. The van der Waals surface area contributed by atoms with Crippen LogP contribution in [0.25, 0.3) is 16.9 Å². The molecule has 0 spiro atoms. The molecule has 3 aromatic heterocycles. The van der Waals surface area contributed by atoms with Crippen molar-refractivity contribution in [2.24, 2.45) is 0 Å². The lowest BCUT2D eigenvalue weighted by Gasteiger charge is -2.03. The van der Waals surface area contributed by atoms with Crippen molar-refractivity contribution in [2.75, 3.05) is 7.11 Å². The van der Waals surface area contributed by atoms with Crippen molar-refractivity contribution < 1.29 is 4.74 Å². The highest BCUT2D eigenvalue weighted by Crippen LogP contribution is 2.40. The van der Waals surface area contributed by atoms with Crippen molar-refractivity contribution in [2.45, 2.75) is 29.7 Å². The average Bonchev–Trinajstić information content (AvgIpc) is 3.33. The maximum Gasteiger partial charge on any atom is 0.215 e. The predicted molar refractivity (Wildman–Crippen MR) is 103 cm³/mol. The van der Waals surface area contributed by atoms with Crippen molar-refractivity contribution in [1.82, 2.24) is 29.7 Å². The number of methoxy groups -OCH3 is 1. The third-order valence-corrected chi connectivity index (χ3v) is 5.32. The number of ether oxygens (including phenoxy) is 1. The van der Waals surface area contributed by atoms with Crippen LogP contribution in [-0.2, 0) is 5.75 Å². The number of hydrogen-bond donors (Lipinski definition) is 1. The number of fused-ring (bicyclic) bond motifs is 1. The second kappa shape index (κ2) is 6.70. The van der Waals surface area contributed by atoms with Crippen LogP contribution in [0.1, 0.15) is 30.4 Å². The Morgan fingerprint density at radius 1 is 1.11 bits per heavy atom. The van der Waals surface area contributed by atoms with Gasteiger partial charge >= 0.3 is 0 Å². The van der Waals surface area contributed by atoms with E-state index in [0.717, 1.165) is 28.0 Å². The van der Waals surface area contributed by atoms with Crippen LogP contribution >= 0.6 is 11.8 Å². The van der Waals surface area contributed by atoms with E-state index < -0.39 is 0 Å². The Hall–Kier alpha value is -2.87. The minimum atomic E-state index is 0.523. The average molecular weight is 378 g/mol. The van der Waals surface area contributed by atoms with Gasteiger partial charge in [-0.15, -0.1) is 5.10 Å². The van der Waals surface area contributed by atoms with E-state index in [9.17, 15) is 0 Å². The van der Waals surface area contributed by atoms with Crippen LogP contribution in [-0.4, -0.2) is 36.8 Å². The maximum absolute atomic E-state index is 5.15. The molecule has 3 heterocycles. The maximum atomic E-state index is 5.15. The molecule has 1 aliphatic carbocycles. The first-order valence-electron chi connectivity index (χ1n) is 8.85. The number of aromatic amines is 1. The van der Waals surface area contributed by atoms with Crippen molar-refractivity contribution in [3.05, 3.63) is 54.1 Å². The van der Waals surface area contributed by atoms with Gasteiger partial charge in [0, 0.05) is 12.0 Å². The number of aromatic nitrogens is 6. The Labute approximate surface area is 160 Å². The molecule has 0 unspecified atom stereocenters. The highest BCUT2D eigenvalue weighted by Gasteiger charge is 2.30. The monoisotopic (exact) mass is 378 g/mol. The van der Waals surface area contributed by atoms with E-state index in [2.05, 4.69) is 27.1 Å². The van der Waals surface area contributed by atoms with Gasteiger partial charge in [0.05, 0.1) is 24.1 Å². The second-order valence-corrected chi connectivity index (χ2v) is 7.41. The van der Waals surface area contributed by atoms with Gasteiger partial charge in [-0.3, -0.25) is 0 Å². The molecule has 27 heavy (non-hydrogen) atoms. The molecule has 5 rings (SSSR count). The van der Waals surface area contributed by atoms with E-state index in [1.807, 2.05) is 35.0 Å². The summed E-state index contributed by atoms with van der Waals surface area (Å²) < 4.78 is 7.13. The highest BCUT2D eigenvalue weighted by molar-refractivity contribution is 7.98. The zero-order chi connectivity index (χ0) is 18.2. The third kappa shape index (κ3) is 3.28. The standard InChI is InChI=1S/C19H18N6OS/c1-26-16-10-9-14-17(22-16)21-15(20-14)11-27-19-23-18(12-7-8-12)25(24-19)13-5-3-2-4-6-13/h2-6,9-10,12H,7-8,11H2,1H3,(H,20,21,22). The molecule has 1 fully saturated rings. The number of benzene rings is 1. The van der Waals surface area contributed by atoms with Crippen LogP contribution in [0.15, 0.2) is 47.6 Å². The van der Waals surface area contributed by atoms with Gasteiger partial charge in [0.25, 0.3) is 0 Å². The number of H-pyrrole nitrogens is 1. The first kappa shape index (κ1) is 16.3. The third-order valence-electron chi connectivity index (χ3n) is 4.47. The van der Waals surface area contributed by atoms with Crippen molar-refractivity contribution >= 4 is 22.9 Å². The molecule has 1 aliphatic rings. The predicted octanol–water partition coefficient (Wildman–Crippen LogP) is 3.72. The van der Waals surface area contributed by atoms with E-state index >= 15 is 0 Å². The van der Waals surface area contributed by atoms with Crippen molar-refractivity contribution in [1.29, 1.82) is 0 Å². The van der Waals surface area contributed by atoms with Gasteiger partial charge in [-0.25, -0.2) is 14.6 Å². The summed E-state index contributed by atoms with van der Waals surface area (Å²) in [6.07, 6.45) is 2.37. The summed E-state index contributed by atoms with van der Waals surface area (Å²) in [6, 6.07) is 13.9. The lowest BCUT2D eigenvalue weighted by atomic mass is 10.3. The van der Waals surface area contributed by atoms with Crippen molar-refractivity contribution in [3.8, 4) is 11.6 Å². The minimum absolute atomic E-state index is 0.523. The van der Waals surface area contributed by atoms with Gasteiger partial charge in [-0.1, -0.05) is 30.0 Å². The molecular formula is C19H18N6OS. The van der Waals surface area contributed by atoms with Crippen LogP contribution in [0.4, 0.5) is 0 Å². The Morgan fingerprint density at radius 2 is 1.96 bits per heavy atom. The molecule has 0 aliphatic heterocycles. The number of nitrogens with one attached hydrogen (secondary N) is 1. The fourth-order valence-electron chi connectivity index (χ4n) is 2.97. The Morgan fingerprint density at radius 3 is 2.74 bits per heavy atom. The minimum Gasteiger partial charge on any atom is -0.481 e. The molecule has 4 aromatic rings. The van der Waals surface area contributed by atoms with Crippen LogP contribution in [0, 0.1) is 0 Å². The smallest absolute Gasteiger partial charge is 0.215 e. The van der Waals surface area contributed by atoms with E-state index in [4.69, 9.17) is 14.8 Å². The molecule has 8 heteroatoms. The molecule has 1 N–H and O–H groups in total. The van der Waals surface area contributed by atoms with Crippen molar-refractivity contribution in [3.63, 3.8) is 0 Å². The normalized spacial score (nSPS) is 14.0. The van der Waals surface area contributed by atoms with Gasteiger partial charge in [0.2, 0.25) is 11.0 Å². The zero-order valence-corrected chi connectivity index (χ0v) is 15.6. The topological polar surface area (TPSA) is 81.5 Å². The van der Waals surface area contributed by atoms with Gasteiger partial charge in [-0.2, -0.15) is 4.98 Å². The van der Waals surface area contributed by atoms with E-state index in [1.54, 1.807) is 18.9 Å². The highest BCUT2D eigenvalue weighted by atomic mass is 32.2.